The van der Waals surface area contributed by atoms with Gasteiger partial charge in [0.1, 0.15) is 6.10 Å². The third-order valence-corrected chi connectivity index (χ3v) is 2.93. The second-order valence-electron chi connectivity index (χ2n) is 5.78. The first-order valence-corrected chi connectivity index (χ1v) is 8.54. The summed E-state index contributed by atoms with van der Waals surface area (Å²) in [7, 11) is 0. The minimum absolute atomic E-state index is 0.0359. The van der Waals surface area contributed by atoms with E-state index in [1.54, 1.807) is 24.5 Å². The van der Waals surface area contributed by atoms with Crippen LogP contribution in [0.2, 0.25) is 0 Å². The Labute approximate surface area is 159 Å². The fraction of sp³-hybridized carbons (Fsp3) is 0.300. The highest BCUT2D eigenvalue weighted by molar-refractivity contribution is 5.88. The molecule has 0 unspecified atom stereocenters. The third kappa shape index (κ3) is 12.7. The zero-order valence-electron chi connectivity index (χ0n) is 15.8. The molecule has 1 saturated carbocycles. The molecular formula is C20H25N3O4. The number of benzene rings is 1. The molecule has 27 heavy (non-hydrogen) atoms. The van der Waals surface area contributed by atoms with Crippen LogP contribution in [-0.2, 0) is 19.1 Å². The average Bonchev–Trinajstić information content (AvgIpc) is 3.40. The van der Waals surface area contributed by atoms with E-state index in [1.807, 2.05) is 30.3 Å². The van der Waals surface area contributed by atoms with E-state index in [2.05, 4.69) is 15.6 Å². The summed E-state index contributed by atoms with van der Waals surface area (Å²) in [6.07, 6.45) is 5.67. The van der Waals surface area contributed by atoms with Gasteiger partial charge in [-0.2, -0.15) is 0 Å². The van der Waals surface area contributed by atoms with Crippen LogP contribution in [-0.4, -0.2) is 28.9 Å². The Bertz CT molecular complexity index is 665. The number of esters is 1. The smallest absolute Gasteiger partial charge is 0.302 e. The van der Waals surface area contributed by atoms with E-state index < -0.39 is 0 Å². The zero-order chi connectivity index (χ0) is 20.1. The van der Waals surface area contributed by atoms with Crippen LogP contribution in [0.15, 0.2) is 54.9 Å². The highest BCUT2D eigenvalue weighted by Gasteiger charge is 2.23. The number of carbonyl (C=O) groups excluding carboxylic acids is 3. The molecule has 144 valence electrons. The third-order valence-electron chi connectivity index (χ3n) is 2.93. The van der Waals surface area contributed by atoms with Crippen LogP contribution in [0.4, 0.5) is 11.4 Å². The molecule has 7 nitrogen and oxygen atoms in total. The number of aromatic nitrogens is 1. The standard InChI is InChI=1S/C8H9NO.C7H8N2O.C5H8O2/c1-7(10)9-8-5-3-2-4-6-8;1-6(10)9-7-3-2-4-8-5-7;1-4(6)7-5-2-3-5/h2-6H,1H3,(H,9,10);2-5H,1H3,(H,9,10);5H,2-3H2,1H3. The molecule has 1 heterocycles. The second-order valence-corrected chi connectivity index (χ2v) is 5.78. The van der Waals surface area contributed by atoms with Gasteiger partial charge in [-0.25, -0.2) is 0 Å². The van der Waals surface area contributed by atoms with Crippen LogP contribution in [0.25, 0.3) is 0 Å². The Balaban J connectivity index is 0.000000206. The number of nitrogens with one attached hydrogen (secondary N) is 2. The van der Waals surface area contributed by atoms with Gasteiger partial charge in [-0.1, -0.05) is 18.2 Å². The molecule has 1 aliphatic carbocycles. The monoisotopic (exact) mass is 371 g/mol. The lowest BCUT2D eigenvalue weighted by Gasteiger charge is -1.98. The summed E-state index contributed by atoms with van der Waals surface area (Å²) in [4.78, 5) is 34.9. The summed E-state index contributed by atoms with van der Waals surface area (Å²) in [6, 6.07) is 12.9. The Kier molecular flexibility index (Phi) is 9.85. The van der Waals surface area contributed by atoms with Gasteiger partial charge in [0.25, 0.3) is 0 Å². The number of hydrogen-bond acceptors (Lipinski definition) is 5. The van der Waals surface area contributed by atoms with E-state index >= 15 is 0 Å². The van der Waals surface area contributed by atoms with Gasteiger partial charge in [-0.05, 0) is 37.1 Å². The molecule has 2 N–H and O–H groups in total. The Hall–Kier alpha value is -3.22. The Morgan fingerprint density at radius 3 is 1.85 bits per heavy atom. The van der Waals surface area contributed by atoms with E-state index in [0.717, 1.165) is 24.2 Å². The molecule has 0 aliphatic heterocycles. The molecule has 0 atom stereocenters. The van der Waals surface area contributed by atoms with E-state index in [4.69, 9.17) is 4.74 Å². The molecule has 0 bridgehead atoms. The highest BCUT2D eigenvalue weighted by Crippen LogP contribution is 2.23. The van der Waals surface area contributed by atoms with Gasteiger partial charge in [0.05, 0.1) is 11.9 Å². The fourth-order valence-electron chi connectivity index (χ4n) is 1.79. The molecule has 1 fully saturated rings. The molecule has 0 spiro atoms. The Morgan fingerprint density at radius 2 is 1.44 bits per heavy atom. The van der Waals surface area contributed by atoms with Crippen molar-refractivity contribution in [2.24, 2.45) is 0 Å². The van der Waals surface area contributed by atoms with Crippen LogP contribution in [0.5, 0.6) is 0 Å². The lowest BCUT2D eigenvalue weighted by molar-refractivity contribution is -0.142. The van der Waals surface area contributed by atoms with Crippen molar-refractivity contribution in [1.82, 2.24) is 4.98 Å². The van der Waals surface area contributed by atoms with Crippen LogP contribution in [0, 0.1) is 0 Å². The van der Waals surface area contributed by atoms with E-state index in [0.29, 0.717) is 0 Å². The van der Waals surface area contributed by atoms with E-state index in [9.17, 15) is 14.4 Å². The number of pyridine rings is 1. The number of para-hydroxylation sites is 1. The first-order valence-electron chi connectivity index (χ1n) is 8.54. The summed E-state index contributed by atoms with van der Waals surface area (Å²) in [5, 5.41) is 5.27. The fourth-order valence-corrected chi connectivity index (χ4v) is 1.79. The maximum Gasteiger partial charge on any atom is 0.302 e. The molecule has 7 heteroatoms. The normalized spacial score (nSPS) is 11.5. The lowest BCUT2D eigenvalue weighted by atomic mass is 10.3. The van der Waals surface area contributed by atoms with Gasteiger partial charge in [0, 0.05) is 32.7 Å². The van der Waals surface area contributed by atoms with Gasteiger partial charge in [-0.15, -0.1) is 0 Å². The summed E-state index contributed by atoms with van der Waals surface area (Å²) >= 11 is 0. The quantitative estimate of drug-likeness (QED) is 0.806. The van der Waals surface area contributed by atoms with Crippen molar-refractivity contribution in [1.29, 1.82) is 0 Å². The van der Waals surface area contributed by atoms with Gasteiger partial charge in [-0.3, -0.25) is 19.4 Å². The summed E-state index contributed by atoms with van der Waals surface area (Å²) in [6.45, 7) is 4.40. The number of carbonyl (C=O) groups is 3. The zero-order valence-corrected chi connectivity index (χ0v) is 15.8. The lowest BCUT2D eigenvalue weighted by Crippen LogP contribution is -2.05. The summed E-state index contributed by atoms with van der Waals surface area (Å²) in [5.74, 6) is -0.262. The maximum absolute atomic E-state index is 10.5. The molecular weight excluding hydrogens is 346 g/mol. The first-order chi connectivity index (χ1) is 12.9. The number of ether oxygens (including phenoxy) is 1. The largest absolute Gasteiger partial charge is 0.463 e. The van der Waals surface area contributed by atoms with Crippen molar-refractivity contribution in [2.75, 3.05) is 10.6 Å². The van der Waals surface area contributed by atoms with Gasteiger partial charge >= 0.3 is 5.97 Å². The molecule has 2 aromatic rings. The Morgan fingerprint density at radius 1 is 0.889 bits per heavy atom. The van der Waals surface area contributed by atoms with Crippen molar-refractivity contribution < 1.29 is 19.1 Å². The van der Waals surface area contributed by atoms with Crippen molar-refractivity contribution in [3.05, 3.63) is 54.9 Å². The van der Waals surface area contributed by atoms with Crippen molar-refractivity contribution in [3.63, 3.8) is 0 Å². The molecule has 0 saturated heterocycles. The van der Waals surface area contributed by atoms with Crippen molar-refractivity contribution in [2.45, 2.75) is 39.7 Å². The number of hydrogen-bond donors (Lipinski definition) is 2. The number of amides is 2. The van der Waals surface area contributed by atoms with Crippen LogP contribution >= 0.6 is 0 Å². The predicted molar refractivity (Wildman–Crippen MR) is 104 cm³/mol. The van der Waals surface area contributed by atoms with E-state index in [-0.39, 0.29) is 23.9 Å². The number of nitrogens with zero attached hydrogens (tertiary/aromatic N) is 1. The highest BCUT2D eigenvalue weighted by atomic mass is 16.5. The summed E-state index contributed by atoms with van der Waals surface area (Å²) in [5.41, 5.74) is 1.57. The minimum Gasteiger partial charge on any atom is -0.463 e. The van der Waals surface area contributed by atoms with Crippen LogP contribution < -0.4 is 10.6 Å². The minimum atomic E-state index is -0.150. The number of rotatable bonds is 3. The average molecular weight is 371 g/mol. The topological polar surface area (TPSA) is 97.4 Å². The molecule has 0 radical (unpaired) electrons. The van der Waals surface area contributed by atoms with Crippen LogP contribution in [0.1, 0.15) is 33.6 Å². The number of anilines is 2. The first kappa shape index (κ1) is 21.8. The van der Waals surface area contributed by atoms with Gasteiger partial charge < -0.3 is 15.4 Å². The molecule has 3 rings (SSSR count). The van der Waals surface area contributed by atoms with E-state index in [1.165, 1.54) is 20.8 Å². The molecule has 1 aromatic heterocycles. The van der Waals surface area contributed by atoms with Crippen molar-refractivity contribution >= 4 is 29.2 Å². The molecule has 2 amide bonds. The van der Waals surface area contributed by atoms with Gasteiger partial charge in [0.15, 0.2) is 0 Å². The van der Waals surface area contributed by atoms with Crippen molar-refractivity contribution in [3.8, 4) is 0 Å². The second kappa shape index (κ2) is 12.2. The molecule has 1 aliphatic rings. The predicted octanol–water partition coefficient (Wildman–Crippen LogP) is 3.40. The van der Waals surface area contributed by atoms with Crippen LogP contribution in [0.3, 0.4) is 0 Å². The van der Waals surface area contributed by atoms with Gasteiger partial charge in [0.2, 0.25) is 11.8 Å². The maximum atomic E-state index is 10.5. The molecule has 1 aromatic carbocycles. The summed E-state index contributed by atoms with van der Waals surface area (Å²) < 4.78 is 4.72. The SMILES string of the molecule is CC(=O)Nc1ccccc1.CC(=O)Nc1cccnc1.CC(=O)OC1CC1.